The molecular formula is C28H33N3O. The summed E-state index contributed by atoms with van der Waals surface area (Å²) in [7, 11) is 0. The lowest BCUT2D eigenvalue weighted by atomic mass is 9.89. The van der Waals surface area contributed by atoms with Crippen molar-refractivity contribution in [2.45, 2.75) is 38.3 Å². The van der Waals surface area contributed by atoms with Crippen molar-refractivity contribution >= 4 is 16.8 Å². The van der Waals surface area contributed by atoms with Crippen LogP contribution >= 0.6 is 0 Å². The minimum atomic E-state index is -0.0126. The number of rotatable bonds is 5. The molecule has 2 saturated heterocycles. The number of urea groups is 1. The standard InChI is InChI=1S/C28H33N3O/c1-21(26-13-7-11-24-10-5-6-12-27(24)26)29-28(32)31-19-25(20-31)30-16-14-23(15-17-30)18-22-8-3-2-4-9-22/h2-13,21,23,25H,14-20H2,1H3,(H,29,32). The third kappa shape index (κ3) is 4.51. The van der Waals surface area contributed by atoms with Gasteiger partial charge in [-0.2, -0.15) is 0 Å². The maximum atomic E-state index is 12.8. The molecule has 1 atom stereocenters. The average molecular weight is 428 g/mol. The molecule has 0 radical (unpaired) electrons. The highest BCUT2D eigenvalue weighted by Crippen LogP contribution is 2.27. The number of carbonyl (C=O) groups is 1. The molecule has 3 aromatic carbocycles. The first-order chi connectivity index (χ1) is 15.7. The Morgan fingerprint density at radius 2 is 1.62 bits per heavy atom. The van der Waals surface area contributed by atoms with E-state index in [0.717, 1.165) is 32.1 Å². The van der Waals surface area contributed by atoms with Gasteiger partial charge in [0, 0.05) is 19.1 Å². The van der Waals surface area contributed by atoms with Crippen LogP contribution in [-0.2, 0) is 6.42 Å². The Bertz CT molecular complexity index is 1050. The average Bonchev–Trinajstić information content (AvgIpc) is 2.79. The number of piperidine rings is 1. The molecule has 0 bridgehead atoms. The Balaban J connectivity index is 1.09. The molecule has 2 heterocycles. The van der Waals surface area contributed by atoms with Gasteiger partial charge in [-0.05, 0) is 67.1 Å². The quantitative estimate of drug-likeness (QED) is 0.604. The third-order valence-corrected chi connectivity index (χ3v) is 7.31. The van der Waals surface area contributed by atoms with Crippen molar-refractivity contribution in [2.24, 2.45) is 5.92 Å². The fourth-order valence-electron chi connectivity index (χ4n) is 5.30. The maximum Gasteiger partial charge on any atom is 0.317 e. The summed E-state index contributed by atoms with van der Waals surface area (Å²) in [6.45, 7) is 6.08. The van der Waals surface area contributed by atoms with Crippen LogP contribution in [0, 0.1) is 5.92 Å². The second kappa shape index (κ2) is 9.33. The summed E-state index contributed by atoms with van der Waals surface area (Å²) in [5, 5.41) is 5.64. The Morgan fingerprint density at radius 1 is 0.938 bits per heavy atom. The van der Waals surface area contributed by atoms with E-state index in [1.807, 2.05) is 4.90 Å². The van der Waals surface area contributed by atoms with Crippen molar-refractivity contribution in [2.75, 3.05) is 26.2 Å². The molecule has 0 aliphatic carbocycles. The lowest BCUT2D eigenvalue weighted by Crippen LogP contribution is -2.64. The predicted octanol–water partition coefficient (Wildman–Crippen LogP) is 5.25. The number of nitrogens with zero attached hydrogens (tertiary/aromatic N) is 2. The zero-order valence-corrected chi connectivity index (χ0v) is 18.9. The number of hydrogen-bond acceptors (Lipinski definition) is 2. The molecule has 2 fully saturated rings. The molecule has 2 aliphatic rings. The lowest BCUT2D eigenvalue weighted by molar-refractivity contribution is 0.0341. The highest BCUT2D eigenvalue weighted by atomic mass is 16.2. The van der Waals surface area contributed by atoms with E-state index in [1.54, 1.807) is 0 Å². The fraction of sp³-hybridized carbons (Fsp3) is 0.393. The third-order valence-electron chi connectivity index (χ3n) is 7.31. The topological polar surface area (TPSA) is 35.6 Å². The van der Waals surface area contributed by atoms with E-state index in [1.165, 1.54) is 41.2 Å². The van der Waals surface area contributed by atoms with Gasteiger partial charge < -0.3 is 10.2 Å². The van der Waals surface area contributed by atoms with Crippen LogP contribution in [0.2, 0.25) is 0 Å². The van der Waals surface area contributed by atoms with Crippen molar-refractivity contribution in [3.05, 3.63) is 83.9 Å². The number of likely N-dealkylation sites (tertiary alicyclic amines) is 2. The second-order valence-corrected chi connectivity index (χ2v) is 9.47. The van der Waals surface area contributed by atoms with E-state index in [4.69, 9.17) is 0 Å². The summed E-state index contributed by atoms with van der Waals surface area (Å²) in [4.78, 5) is 17.4. The van der Waals surface area contributed by atoms with Gasteiger partial charge in [0.2, 0.25) is 0 Å². The van der Waals surface area contributed by atoms with Crippen LogP contribution in [-0.4, -0.2) is 48.1 Å². The molecule has 2 amide bonds. The van der Waals surface area contributed by atoms with Crippen molar-refractivity contribution in [1.29, 1.82) is 0 Å². The summed E-state index contributed by atoms with van der Waals surface area (Å²) in [6, 6.07) is 26.1. The van der Waals surface area contributed by atoms with E-state index < -0.39 is 0 Å². The molecule has 1 N–H and O–H groups in total. The van der Waals surface area contributed by atoms with Gasteiger partial charge in [-0.15, -0.1) is 0 Å². The van der Waals surface area contributed by atoms with E-state index in [2.05, 4.69) is 89.9 Å². The van der Waals surface area contributed by atoms with E-state index in [-0.39, 0.29) is 12.1 Å². The molecule has 0 aromatic heterocycles. The molecule has 32 heavy (non-hydrogen) atoms. The normalized spacial score (nSPS) is 19.0. The fourth-order valence-corrected chi connectivity index (χ4v) is 5.30. The summed E-state index contributed by atoms with van der Waals surface area (Å²) in [5.74, 6) is 0.787. The molecule has 2 aliphatic heterocycles. The predicted molar refractivity (Wildman–Crippen MR) is 131 cm³/mol. The Kier molecular flexibility index (Phi) is 6.13. The van der Waals surface area contributed by atoms with Gasteiger partial charge in [-0.1, -0.05) is 72.8 Å². The van der Waals surface area contributed by atoms with E-state index in [9.17, 15) is 4.79 Å². The van der Waals surface area contributed by atoms with Gasteiger partial charge in [0.25, 0.3) is 0 Å². The van der Waals surface area contributed by atoms with E-state index in [0.29, 0.717) is 6.04 Å². The summed E-state index contributed by atoms with van der Waals surface area (Å²) >= 11 is 0. The van der Waals surface area contributed by atoms with Crippen molar-refractivity contribution in [3.8, 4) is 0 Å². The second-order valence-electron chi connectivity index (χ2n) is 9.47. The van der Waals surface area contributed by atoms with Gasteiger partial charge >= 0.3 is 6.03 Å². The zero-order chi connectivity index (χ0) is 21.9. The van der Waals surface area contributed by atoms with Crippen LogP contribution in [0.4, 0.5) is 4.79 Å². The number of hydrogen-bond donors (Lipinski definition) is 1. The van der Waals surface area contributed by atoms with Crippen LogP contribution in [0.3, 0.4) is 0 Å². The molecule has 4 nitrogen and oxygen atoms in total. The van der Waals surface area contributed by atoms with Crippen LogP contribution < -0.4 is 5.32 Å². The van der Waals surface area contributed by atoms with Crippen molar-refractivity contribution in [3.63, 3.8) is 0 Å². The van der Waals surface area contributed by atoms with Crippen molar-refractivity contribution < 1.29 is 4.79 Å². The first-order valence-electron chi connectivity index (χ1n) is 12.0. The molecular weight excluding hydrogens is 394 g/mol. The molecule has 4 heteroatoms. The minimum absolute atomic E-state index is 0.0126. The van der Waals surface area contributed by atoms with Gasteiger partial charge in [0.15, 0.2) is 0 Å². The molecule has 3 aromatic rings. The Morgan fingerprint density at radius 3 is 2.41 bits per heavy atom. The number of amides is 2. The highest BCUT2D eigenvalue weighted by molar-refractivity contribution is 5.86. The molecule has 166 valence electrons. The zero-order valence-electron chi connectivity index (χ0n) is 18.9. The molecule has 0 saturated carbocycles. The summed E-state index contributed by atoms with van der Waals surface area (Å²) in [6.07, 6.45) is 3.71. The number of fused-ring (bicyclic) bond motifs is 1. The SMILES string of the molecule is CC(NC(=O)N1CC(N2CCC(Cc3ccccc3)CC2)C1)c1cccc2ccccc12. The van der Waals surface area contributed by atoms with Crippen LogP contribution in [0.15, 0.2) is 72.8 Å². The van der Waals surface area contributed by atoms with E-state index >= 15 is 0 Å². The number of carbonyl (C=O) groups excluding carboxylic acids is 1. The minimum Gasteiger partial charge on any atom is -0.331 e. The van der Waals surface area contributed by atoms with Gasteiger partial charge in [0.1, 0.15) is 0 Å². The monoisotopic (exact) mass is 427 g/mol. The Hall–Kier alpha value is -2.85. The first-order valence-corrected chi connectivity index (χ1v) is 12.0. The first kappa shape index (κ1) is 21.0. The molecule has 1 unspecified atom stereocenters. The van der Waals surface area contributed by atoms with Crippen molar-refractivity contribution in [1.82, 2.24) is 15.1 Å². The van der Waals surface area contributed by atoms with Crippen LogP contribution in [0.25, 0.3) is 10.8 Å². The summed E-state index contributed by atoms with van der Waals surface area (Å²) in [5.41, 5.74) is 2.63. The smallest absolute Gasteiger partial charge is 0.317 e. The largest absolute Gasteiger partial charge is 0.331 e. The molecule has 5 rings (SSSR count). The van der Waals surface area contributed by atoms with Gasteiger partial charge in [0.05, 0.1) is 6.04 Å². The Labute approximate surface area is 191 Å². The summed E-state index contributed by atoms with van der Waals surface area (Å²) < 4.78 is 0. The van der Waals surface area contributed by atoms with Gasteiger partial charge in [-0.25, -0.2) is 4.79 Å². The number of benzene rings is 3. The van der Waals surface area contributed by atoms with Crippen LogP contribution in [0.5, 0.6) is 0 Å². The van der Waals surface area contributed by atoms with Crippen LogP contribution in [0.1, 0.15) is 36.9 Å². The van der Waals surface area contributed by atoms with Gasteiger partial charge in [-0.3, -0.25) is 4.90 Å². The molecule has 0 spiro atoms. The maximum absolute atomic E-state index is 12.8. The lowest BCUT2D eigenvalue weighted by Gasteiger charge is -2.47. The highest BCUT2D eigenvalue weighted by Gasteiger charge is 2.36. The number of nitrogens with one attached hydrogen (secondary N) is 1.